The molecule has 3 amide bonds. The van der Waals surface area contributed by atoms with Gasteiger partial charge in [-0.3, -0.25) is 24.6 Å². The first-order valence-corrected chi connectivity index (χ1v) is 9.18. The van der Waals surface area contributed by atoms with E-state index in [4.69, 9.17) is 0 Å². The van der Waals surface area contributed by atoms with E-state index in [2.05, 4.69) is 10.6 Å². The Morgan fingerprint density at radius 2 is 1.70 bits per heavy atom. The minimum absolute atomic E-state index is 0.178. The quantitative estimate of drug-likeness (QED) is 0.808. The number of rotatable bonds is 3. The molecule has 0 aliphatic carbocycles. The number of nitrogens with one attached hydrogen (secondary N) is 2. The van der Waals surface area contributed by atoms with Gasteiger partial charge < -0.3 is 5.32 Å². The number of carbonyl (C=O) groups is 3. The molecule has 3 aliphatic heterocycles. The molecule has 3 heterocycles. The van der Waals surface area contributed by atoms with Crippen LogP contribution in [0.15, 0.2) is 54.6 Å². The van der Waals surface area contributed by atoms with Crippen molar-refractivity contribution >= 4 is 23.4 Å². The zero-order valence-corrected chi connectivity index (χ0v) is 14.6. The normalized spacial score (nSPS) is 28.6. The largest absolute Gasteiger partial charge is 0.324 e. The average molecular weight is 361 g/mol. The van der Waals surface area contributed by atoms with Crippen LogP contribution in [0.2, 0.25) is 0 Å². The maximum absolute atomic E-state index is 13.2. The Bertz CT molecular complexity index is 958. The van der Waals surface area contributed by atoms with E-state index in [0.29, 0.717) is 25.2 Å². The second kappa shape index (κ2) is 5.76. The molecule has 3 aliphatic rings. The highest BCUT2D eigenvalue weighted by Crippen LogP contribution is 2.50. The molecule has 0 bridgehead atoms. The molecule has 5 rings (SSSR count). The number of benzene rings is 2. The smallest absolute Gasteiger partial charge is 0.250 e. The summed E-state index contributed by atoms with van der Waals surface area (Å²) in [5.41, 5.74) is 1.40. The molecule has 2 aromatic carbocycles. The lowest BCUT2D eigenvalue weighted by Crippen LogP contribution is -2.51. The Balaban J connectivity index is 1.47. The van der Waals surface area contributed by atoms with E-state index >= 15 is 0 Å². The first-order valence-electron chi connectivity index (χ1n) is 9.18. The van der Waals surface area contributed by atoms with E-state index in [1.807, 2.05) is 54.6 Å². The van der Waals surface area contributed by atoms with Crippen LogP contribution in [0, 0.1) is 11.8 Å². The van der Waals surface area contributed by atoms with Gasteiger partial charge in [0.25, 0.3) is 0 Å². The standard InChI is InChI=1S/C21H19N3O3/c25-18-14-12-22-21(15-8-4-5-9-16(15)23-20(21)27)17(14)19(26)24(18)11-10-13-6-2-1-3-7-13/h1-9,14,17,22H,10-12H2,(H,23,27)/t14-,17+,21-/m0/s1. The van der Waals surface area contributed by atoms with Crippen molar-refractivity contribution in [1.29, 1.82) is 0 Å². The van der Waals surface area contributed by atoms with Crippen LogP contribution >= 0.6 is 0 Å². The second-order valence-corrected chi connectivity index (χ2v) is 7.34. The van der Waals surface area contributed by atoms with Crippen molar-refractivity contribution in [2.24, 2.45) is 11.8 Å². The number of para-hydroxylation sites is 1. The van der Waals surface area contributed by atoms with Crippen LogP contribution in [0.4, 0.5) is 5.69 Å². The molecule has 136 valence electrons. The molecule has 2 fully saturated rings. The molecule has 2 saturated heterocycles. The van der Waals surface area contributed by atoms with E-state index in [1.165, 1.54) is 4.90 Å². The Kier molecular flexibility index (Phi) is 3.45. The van der Waals surface area contributed by atoms with Crippen LogP contribution in [-0.2, 0) is 26.3 Å². The lowest BCUT2D eigenvalue weighted by molar-refractivity contribution is -0.142. The molecular formula is C21H19N3O3. The van der Waals surface area contributed by atoms with Crippen molar-refractivity contribution in [3.63, 3.8) is 0 Å². The molecule has 3 atom stereocenters. The number of carbonyl (C=O) groups excluding carboxylic acids is 3. The molecule has 27 heavy (non-hydrogen) atoms. The van der Waals surface area contributed by atoms with Crippen molar-refractivity contribution in [3.05, 3.63) is 65.7 Å². The van der Waals surface area contributed by atoms with Gasteiger partial charge in [0.15, 0.2) is 0 Å². The van der Waals surface area contributed by atoms with Crippen molar-refractivity contribution in [2.45, 2.75) is 12.0 Å². The zero-order valence-electron chi connectivity index (χ0n) is 14.6. The van der Waals surface area contributed by atoms with Gasteiger partial charge >= 0.3 is 0 Å². The van der Waals surface area contributed by atoms with Gasteiger partial charge in [0, 0.05) is 24.3 Å². The lowest BCUT2D eigenvalue weighted by Gasteiger charge is -2.28. The summed E-state index contributed by atoms with van der Waals surface area (Å²) in [4.78, 5) is 40.4. The first-order chi connectivity index (χ1) is 13.1. The van der Waals surface area contributed by atoms with Gasteiger partial charge in [0.05, 0.1) is 11.8 Å². The summed E-state index contributed by atoms with van der Waals surface area (Å²) in [7, 11) is 0. The fraction of sp³-hybridized carbons (Fsp3) is 0.286. The van der Waals surface area contributed by atoms with Crippen LogP contribution in [0.25, 0.3) is 0 Å². The number of hydrogen-bond donors (Lipinski definition) is 2. The highest BCUT2D eigenvalue weighted by molar-refractivity contribution is 6.14. The van der Waals surface area contributed by atoms with E-state index in [-0.39, 0.29) is 17.7 Å². The Labute approximate surface area is 156 Å². The third kappa shape index (κ3) is 2.13. The predicted octanol–water partition coefficient (Wildman–Crippen LogP) is 1.28. The van der Waals surface area contributed by atoms with Gasteiger partial charge in [-0.1, -0.05) is 48.5 Å². The van der Waals surface area contributed by atoms with Gasteiger partial charge in [0.1, 0.15) is 5.54 Å². The van der Waals surface area contributed by atoms with Crippen LogP contribution in [0.1, 0.15) is 11.1 Å². The summed E-state index contributed by atoms with van der Waals surface area (Å²) in [6.07, 6.45) is 0.612. The molecule has 0 saturated carbocycles. The molecule has 2 N–H and O–H groups in total. The van der Waals surface area contributed by atoms with Crippen molar-refractivity contribution in [1.82, 2.24) is 10.2 Å². The number of amides is 3. The minimum Gasteiger partial charge on any atom is -0.324 e. The number of anilines is 1. The fourth-order valence-corrected chi connectivity index (χ4v) is 4.73. The SMILES string of the molecule is O=C1[C@H]2CN[C@]3(C(=O)Nc4ccccc43)[C@H]2C(=O)N1CCc1ccccc1. The van der Waals surface area contributed by atoms with Gasteiger partial charge in [-0.15, -0.1) is 0 Å². The van der Waals surface area contributed by atoms with Gasteiger partial charge in [-0.05, 0) is 18.1 Å². The summed E-state index contributed by atoms with van der Waals surface area (Å²) < 4.78 is 0. The average Bonchev–Trinajstić information content (AvgIpc) is 3.29. The number of hydrogen-bond acceptors (Lipinski definition) is 4. The molecule has 1 spiro atoms. The predicted molar refractivity (Wildman–Crippen MR) is 98.6 cm³/mol. The van der Waals surface area contributed by atoms with E-state index in [0.717, 1.165) is 11.1 Å². The number of fused-ring (bicyclic) bond motifs is 4. The first kappa shape index (κ1) is 16.2. The second-order valence-electron chi connectivity index (χ2n) is 7.34. The molecule has 6 nitrogen and oxygen atoms in total. The van der Waals surface area contributed by atoms with E-state index in [9.17, 15) is 14.4 Å². The van der Waals surface area contributed by atoms with E-state index in [1.54, 1.807) is 0 Å². The summed E-state index contributed by atoms with van der Waals surface area (Å²) in [5.74, 6) is -1.86. The van der Waals surface area contributed by atoms with E-state index < -0.39 is 17.4 Å². The zero-order chi connectivity index (χ0) is 18.6. The van der Waals surface area contributed by atoms with Crippen LogP contribution in [0.5, 0.6) is 0 Å². The third-order valence-electron chi connectivity index (χ3n) is 6.01. The van der Waals surface area contributed by atoms with Gasteiger partial charge in [-0.2, -0.15) is 0 Å². The molecular weight excluding hydrogens is 342 g/mol. The Hall–Kier alpha value is -2.99. The van der Waals surface area contributed by atoms with Gasteiger partial charge in [-0.25, -0.2) is 0 Å². The summed E-state index contributed by atoms with van der Waals surface area (Å²) in [6.45, 7) is 0.673. The number of likely N-dealkylation sites (tertiary alicyclic amines) is 1. The van der Waals surface area contributed by atoms with Crippen molar-refractivity contribution < 1.29 is 14.4 Å². The van der Waals surface area contributed by atoms with Crippen LogP contribution in [0.3, 0.4) is 0 Å². The third-order valence-corrected chi connectivity index (χ3v) is 6.01. The molecule has 0 aromatic heterocycles. The fourth-order valence-electron chi connectivity index (χ4n) is 4.73. The monoisotopic (exact) mass is 361 g/mol. The summed E-state index contributed by atoms with van der Waals surface area (Å²) in [5, 5.41) is 6.08. The highest BCUT2D eigenvalue weighted by atomic mass is 16.2. The van der Waals surface area contributed by atoms with Crippen molar-refractivity contribution in [2.75, 3.05) is 18.4 Å². The molecule has 2 aromatic rings. The Morgan fingerprint density at radius 1 is 0.963 bits per heavy atom. The topological polar surface area (TPSA) is 78.5 Å². The molecule has 0 radical (unpaired) electrons. The highest BCUT2D eigenvalue weighted by Gasteiger charge is 2.67. The Morgan fingerprint density at radius 3 is 2.52 bits per heavy atom. The summed E-state index contributed by atoms with van der Waals surface area (Å²) >= 11 is 0. The molecule has 0 unspecified atom stereocenters. The summed E-state index contributed by atoms with van der Waals surface area (Å²) in [6, 6.07) is 17.2. The molecule has 6 heteroatoms. The van der Waals surface area contributed by atoms with Crippen LogP contribution < -0.4 is 10.6 Å². The minimum atomic E-state index is -1.14. The number of nitrogens with zero attached hydrogens (tertiary/aromatic N) is 1. The maximum Gasteiger partial charge on any atom is 0.250 e. The lowest BCUT2D eigenvalue weighted by atomic mass is 9.77. The van der Waals surface area contributed by atoms with Gasteiger partial charge in [0.2, 0.25) is 17.7 Å². The number of imide groups is 1. The maximum atomic E-state index is 13.2. The van der Waals surface area contributed by atoms with Crippen molar-refractivity contribution in [3.8, 4) is 0 Å². The van der Waals surface area contributed by atoms with Crippen LogP contribution in [-0.4, -0.2) is 35.7 Å².